The molecule has 0 amide bonds. The van der Waals surface area contributed by atoms with Crippen LogP contribution < -0.4 is 4.90 Å². The normalized spacial score (nSPS) is 20.6. The maximum Gasteiger partial charge on any atom is 0.357 e. The van der Waals surface area contributed by atoms with Crippen molar-refractivity contribution in [2.75, 3.05) is 31.2 Å². The first-order valence-corrected chi connectivity index (χ1v) is 7.08. The molecular weight excluding hydrogens is 252 g/mol. The summed E-state index contributed by atoms with van der Waals surface area (Å²) in [6.45, 7) is 6.74. The zero-order valence-corrected chi connectivity index (χ0v) is 11.5. The van der Waals surface area contributed by atoms with E-state index in [9.17, 15) is 4.79 Å². The summed E-state index contributed by atoms with van der Waals surface area (Å²) in [7, 11) is 0. The molecule has 2 rings (SSSR count). The van der Waals surface area contributed by atoms with Gasteiger partial charge in [0.05, 0.1) is 12.7 Å². The number of anilines is 1. The Labute approximate surface area is 111 Å². The molecule has 0 bridgehead atoms. The van der Waals surface area contributed by atoms with Gasteiger partial charge in [-0.2, -0.15) is 0 Å². The summed E-state index contributed by atoms with van der Waals surface area (Å²) < 4.78 is 10.5. The predicted molar refractivity (Wildman–Crippen MR) is 70.3 cm³/mol. The van der Waals surface area contributed by atoms with Gasteiger partial charge < -0.3 is 14.4 Å². The molecule has 100 valence electrons. The number of thiazole rings is 1. The lowest BCUT2D eigenvalue weighted by atomic mass is 10.4. The number of nitrogens with zero attached hydrogens (tertiary/aromatic N) is 2. The summed E-state index contributed by atoms with van der Waals surface area (Å²) in [6, 6.07) is 0. The Bertz CT molecular complexity index is 408. The molecule has 18 heavy (non-hydrogen) atoms. The maximum absolute atomic E-state index is 11.6. The van der Waals surface area contributed by atoms with Gasteiger partial charge in [0, 0.05) is 25.1 Å². The van der Waals surface area contributed by atoms with E-state index in [4.69, 9.17) is 9.47 Å². The molecule has 6 heteroatoms. The van der Waals surface area contributed by atoms with Gasteiger partial charge in [0.1, 0.15) is 0 Å². The van der Waals surface area contributed by atoms with Crippen molar-refractivity contribution in [2.24, 2.45) is 0 Å². The molecule has 0 radical (unpaired) electrons. The molecule has 2 heterocycles. The lowest BCUT2D eigenvalue weighted by molar-refractivity contribution is 0.0520. The second-order valence-corrected chi connectivity index (χ2v) is 5.05. The molecule has 1 atom stereocenters. The van der Waals surface area contributed by atoms with Crippen molar-refractivity contribution >= 4 is 22.4 Å². The standard InChI is InChI=1S/C12H18N2O3S/c1-3-16-11(15)10-8-18-12(13-10)14-5-4-6-17-9(2)7-14/h8-9H,3-7H2,1-2H3. The average Bonchev–Trinajstić information content (AvgIpc) is 2.74. The van der Waals surface area contributed by atoms with Gasteiger partial charge in [-0.25, -0.2) is 9.78 Å². The third-order valence-corrected chi connectivity index (χ3v) is 3.60. The van der Waals surface area contributed by atoms with Gasteiger partial charge in [-0.3, -0.25) is 0 Å². The topological polar surface area (TPSA) is 51.7 Å². The van der Waals surface area contributed by atoms with E-state index >= 15 is 0 Å². The zero-order chi connectivity index (χ0) is 13.0. The minimum absolute atomic E-state index is 0.197. The Balaban J connectivity index is 2.06. The molecule has 1 aromatic heterocycles. The summed E-state index contributed by atoms with van der Waals surface area (Å²) in [5, 5.41) is 2.62. The number of esters is 1. The highest BCUT2D eigenvalue weighted by Crippen LogP contribution is 2.23. The smallest absolute Gasteiger partial charge is 0.357 e. The van der Waals surface area contributed by atoms with E-state index in [0.717, 1.165) is 31.2 Å². The number of carbonyl (C=O) groups excluding carboxylic acids is 1. The number of aromatic nitrogens is 1. The Morgan fingerprint density at radius 2 is 2.56 bits per heavy atom. The van der Waals surface area contributed by atoms with E-state index in [-0.39, 0.29) is 12.1 Å². The van der Waals surface area contributed by atoms with E-state index in [0.29, 0.717) is 12.3 Å². The van der Waals surface area contributed by atoms with E-state index < -0.39 is 0 Å². The number of hydrogen-bond acceptors (Lipinski definition) is 6. The largest absolute Gasteiger partial charge is 0.461 e. The van der Waals surface area contributed by atoms with Crippen LogP contribution in [0.4, 0.5) is 5.13 Å². The minimum atomic E-state index is -0.348. The van der Waals surface area contributed by atoms with Crippen LogP contribution in [-0.4, -0.2) is 43.4 Å². The van der Waals surface area contributed by atoms with Crippen molar-refractivity contribution in [2.45, 2.75) is 26.4 Å². The Hall–Kier alpha value is -1.14. The molecule has 1 fully saturated rings. The minimum Gasteiger partial charge on any atom is -0.461 e. The lowest BCUT2D eigenvalue weighted by Gasteiger charge is -2.20. The molecule has 0 aromatic carbocycles. The highest BCUT2D eigenvalue weighted by atomic mass is 32.1. The molecule has 1 unspecified atom stereocenters. The van der Waals surface area contributed by atoms with Crippen LogP contribution in [-0.2, 0) is 9.47 Å². The summed E-state index contributed by atoms with van der Waals surface area (Å²) in [5.74, 6) is -0.348. The SMILES string of the molecule is CCOC(=O)c1csc(N2CCCOC(C)C2)n1. The maximum atomic E-state index is 11.6. The van der Waals surface area contributed by atoms with Crippen molar-refractivity contribution in [1.29, 1.82) is 0 Å². The molecule has 0 N–H and O–H groups in total. The van der Waals surface area contributed by atoms with Crippen molar-refractivity contribution in [3.05, 3.63) is 11.1 Å². The van der Waals surface area contributed by atoms with Crippen LogP contribution in [0.15, 0.2) is 5.38 Å². The molecule has 1 aromatic rings. The van der Waals surface area contributed by atoms with Crippen molar-refractivity contribution in [1.82, 2.24) is 4.98 Å². The van der Waals surface area contributed by atoms with Crippen molar-refractivity contribution < 1.29 is 14.3 Å². The Morgan fingerprint density at radius 1 is 1.72 bits per heavy atom. The fourth-order valence-corrected chi connectivity index (χ4v) is 2.71. The number of rotatable bonds is 3. The van der Waals surface area contributed by atoms with Crippen LogP contribution in [0.1, 0.15) is 30.8 Å². The van der Waals surface area contributed by atoms with Crippen molar-refractivity contribution in [3.63, 3.8) is 0 Å². The van der Waals surface area contributed by atoms with Gasteiger partial charge >= 0.3 is 5.97 Å². The van der Waals surface area contributed by atoms with Crippen LogP contribution in [0.3, 0.4) is 0 Å². The highest BCUT2D eigenvalue weighted by Gasteiger charge is 2.19. The predicted octanol–water partition coefficient (Wildman–Crippen LogP) is 1.93. The van der Waals surface area contributed by atoms with Gasteiger partial charge in [-0.05, 0) is 20.3 Å². The van der Waals surface area contributed by atoms with Gasteiger partial charge in [0.15, 0.2) is 10.8 Å². The third-order valence-electron chi connectivity index (χ3n) is 2.70. The van der Waals surface area contributed by atoms with E-state index in [1.165, 1.54) is 11.3 Å². The fraction of sp³-hybridized carbons (Fsp3) is 0.667. The molecule has 1 aliphatic heterocycles. The third kappa shape index (κ3) is 3.20. The first-order valence-electron chi connectivity index (χ1n) is 6.20. The van der Waals surface area contributed by atoms with Gasteiger partial charge in [0.25, 0.3) is 0 Å². The second kappa shape index (κ2) is 6.15. The van der Waals surface area contributed by atoms with E-state index in [1.807, 2.05) is 0 Å². The van der Waals surface area contributed by atoms with Gasteiger partial charge in [-0.1, -0.05) is 0 Å². The zero-order valence-electron chi connectivity index (χ0n) is 10.7. The number of carbonyl (C=O) groups is 1. The van der Waals surface area contributed by atoms with Gasteiger partial charge in [0.2, 0.25) is 0 Å². The molecule has 5 nitrogen and oxygen atoms in total. The molecule has 0 spiro atoms. The summed E-state index contributed by atoms with van der Waals surface area (Å²) in [5.41, 5.74) is 0.398. The second-order valence-electron chi connectivity index (χ2n) is 4.22. The van der Waals surface area contributed by atoms with Crippen molar-refractivity contribution in [3.8, 4) is 0 Å². The van der Waals surface area contributed by atoms with Crippen LogP contribution in [0.25, 0.3) is 0 Å². The molecule has 0 aliphatic carbocycles. The summed E-state index contributed by atoms with van der Waals surface area (Å²) >= 11 is 1.48. The lowest BCUT2D eigenvalue weighted by Crippen LogP contribution is -2.30. The van der Waals surface area contributed by atoms with Crippen LogP contribution in [0.5, 0.6) is 0 Å². The number of ether oxygens (including phenoxy) is 2. The van der Waals surface area contributed by atoms with Gasteiger partial charge in [-0.15, -0.1) is 11.3 Å². The fourth-order valence-electron chi connectivity index (χ4n) is 1.88. The Morgan fingerprint density at radius 3 is 3.33 bits per heavy atom. The first-order chi connectivity index (χ1) is 8.70. The van der Waals surface area contributed by atoms with Crippen LogP contribution in [0, 0.1) is 0 Å². The highest BCUT2D eigenvalue weighted by molar-refractivity contribution is 7.13. The average molecular weight is 270 g/mol. The van der Waals surface area contributed by atoms with E-state index in [2.05, 4.69) is 16.8 Å². The Kier molecular flexibility index (Phi) is 4.54. The quantitative estimate of drug-likeness (QED) is 0.786. The van der Waals surface area contributed by atoms with E-state index in [1.54, 1.807) is 12.3 Å². The van der Waals surface area contributed by atoms with Crippen LogP contribution in [0.2, 0.25) is 0 Å². The molecule has 1 aliphatic rings. The summed E-state index contributed by atoms with van der Waals surface area (Å²) in [4.78, 5) is 18.1. The molecule has 1 saturated heterocycles. The molecular formula is C12H18N2O3S. The number of hydrogen-bond donors (Lipinski definition) is 0. The molecule has 0 saturated carbocycles. The van der Waals surface area contributed by atoms with Crippen LogP contribution >= 0.6 is 11.3 Å². The first kappa shape index (κ1) is 13.3. The monoisotopic (exact) mass is 270 g/mol. The summed E-state index contributed by atoms with van der Waals surface area (Å²) in [6.07, 6.45) is 1.18.